The zero-order chi connectivity index (χ0) is 10.8. The van der Waals surface area contributed by atoms with Gasteiger partial charge in [0.2, 0.25) is 0 Å². The van der Waals surface area contributed by atoms with Gasteiger partial charge in [0.25, 0.3) is 0 Å². The number of imidazole rings is 1. The summed E-state index contributed by atoms with van der Waals surface area (Å²) in [5, 5.41) is 0. The number of aromatic nitrogens is 2. The second-order valence-electron chi connectivity index (χ2n) is 4.27. The molecule has 3 nitrogen and oxygen atoms in total. The van der Waals surface area contributed by atoms with Gasteiger partial charge in [-0.1, -0.05) is 19.9 Å². The summed E-state index contributed by atoms with van der Waals surface area (Å²) in [6.07, 6.45) is 4.97. The van der Waals surface area contributed by atoms with Gasteiger partial charge in [-0.15, -0.1) is 0 Å². The highest BCUT2D eigenvalue weighted by Gasteiger charge is 2.07. The molecule has 0 aliphatic carbocycles. The fourth-order valence-electron chi connectivity index (χ4n) is 1.82. The molecule has 0 atom stereocenters. The van der Waals surface area contributed by atoms with Crippen LogP contribution in [0.15, 0.2) is 24.5 Å². The number of hydrogen-bond donors (Lipinski definition) is 1. The van der Waals surface area contributed by atoms with Crippen molar-refractivity contribution in [3.63, 3.8) is 0 Å². The van der Waals surface area contributed by atoms with Gasteiger partial charge in [-0.05, 0) is 17.5 Å². The molecule has 80 valence electrons. The lowest BCUT2D eigenvalue weighted by molar-refractivity contribution is 0.619. The SMILES string of the molecule is CC(C)Cc1ncc2c(CN)cccn12. The molecule has 0 saturated carbocycles. The molecular weight excluding hydrogens is 186 g/mol. The van der Waals surface area contributed by atoms with Gasteiger partial charge in [-0.3, -0.25) is 0 Å². The van der Waals surface area contributed by atoms with Gasteiger partial charge in [0.05, 0.1) is 11.7 Å². The van der Waals surface area contributed by atoms with Gasteiger partial charge in [0.1, 0.15) is 5.82 Å². The predicted molar refractivity (Wildman–Crippen MR) is 61.6 cm³/mol. The molecule has 0 spiro atoms. The topological polar surface area (TPSA) is 43.3 Å². The molecule has 0 radical (unpaired) electrons. The Kier molecular flexibility index (Phi) is 2.73. The van der Waals surface area contributed by atoms with Crippen molar-refractivity contribution in [3.8, 4) is 0 Å². The van der Waals surface area contributed by atoms with Crippen LogP contribution in [0.25, 0.3) is 5.52 Å². The van der Waals surface area contributed by atoms with Gasteiger partial charge < -0.3 is 10.1 Å². The minimum Gasteiger partial charge on any atom is -0.326 e. The maximum Gasteiger partial charge on any atom is 0.113 e. The van der Waals surface area contributed by atoms with E-state index in [0.29, 0.717) is 12.5 Å². The summed E-state index contributed by atoms with van der Waals surface area (Å²) in [6, 6.07) is 4.08. The van der Waals surface area contributed by atoms with E-state index >= 15 is 0 Å². The summed E-state index contributed by atoms with van der Waals surface area (Å²) >= 11 is 0. The second-order valence-corrected chi connectivity index (χ2v) is 4.27. The number of fused-ring (bicyclic) bond motifs is 1. The minimum atomic E-state index is 0.567. The molecule has 3 heteroatoms. The van der Waals surface area contributed by atoms with E-state index < -0.39 is 0 Å². The van der Waals surface area contributed by atoms with E-state index in [1.54, 1.807) is 0 Å². The van der Waals surface area contributed by atoms with Gasteiger partial charge in [0, 0.05) is 19.2 Å². The maximum atomic E-state index is 5.69. The van der Waals surface area contributed by atoms with Crippen LogP contribution >= 0.6 is 0 Å². The van der Waals surface area contributed by atoms with E-state index in [-0.39, 0.29) is 0 Å². The van der Waals surface area contributed by atoms with E-state index in [2.05, 4.69) is 35.5 Å². The summed E-state index contributed by atoms with van der Waals surface area (Å²) in [5.74, 6) is 1.74. The fourth-order valence-corrected chi connectivity index (χ4v) is 1.82. The number of nitrogens with zero attached hydrogens (tertiary/aromatic N) is 2. The molecule has 0 unspecified atom stereocenters. The molecule has 0 aliphatic rings. The normalized spacial score (nSPS) is 11.5. The minimum absolute atomic E-state index is 0.567. The first kappa shape index (κ1) is 10.2. The first-order valence-electron chi connectivity index (χ1n) is 5.36. The first-order chi connectivity index (χ1) is 7.22. The summed E-state index contributed by atoms with van der Waals surface area (Å²) in [4.78, 5) is 4.45. The fraction of sp³-hybridized carbons (Fsp3) is 0.417. The van der Waals surface area contributed by atoms with Gasteiger partial charge >= 0.3 is 0 Å². The molecule has 0 amide bonds. The van der Waals surface area contributed by atoms with Crippen molar-refractivity contribution in [2.75, 3.05) is 0 Å². The van der Waals surface area contributed by atoms with Crippen molar-refractivity contribution in [3.05, 3.63) is 35.9 Å². The molecule has 0 aromatic carbocycles. The Morgan fingerprint density at radius 1 is 1.47 bits per heavy atom. The summed E-state index contributed by atoms with van der Waals surface area (Å²) in [6.45, 7) is 4.97. The third kappa shape index (κ3) is 1.88. The van der Waals surface area contributed by atoms with Crippen molar-refractivity contribution < 1.29 is 0 Å². The Hall–Kier alpha value is -1.35. The van der Waals surface area contributed by atoms with E-state index in [1.807, 2.05) is 12.3 Å². The number of nitrogens with two attached hydrogens (primary N) is 1. The molecule has 2 heterocycles. The smallest absolute Gasteiger partial charge is 0.113 e. The first-order valence-corrected chi connectivity index (χ1v) is 5.36. The van der Waals surface area contributed by atoms with Gasteiger partial charge in [-0.25, -0.2) is 4.98 Å². The van der Waals surface area contributed by atoms with Crippen molar-refractivity contribution >= 4 is 5.52 Å². The lowest BCUT2D eigenvalue weighted by atomic mass is 10.1. The second kappa shape index (κ2) is 4.03. The predicted octanol–water partition coefficient (Wildman–Crippen LogP) is 1.99. The van der Waals surface area contributed by atoms with E-state index in [9.17, 15) is 0 Å². The van der Waals surface area contributed by atoms with Gasteiger partial charge in [0.15, 0.2) is 0 Å². The summed E-state index contributed by atoms with van der Waals surface area (Å²) < 4.78 is 2.14. The molecule has 0 fully saturated rings. The Labute approximate surface area is 89.9 Å². The lowest BCUT2D eigenvalue weighted by Crippen LogP contribution is -2.03. The number of pyridine rings is 1. The Morgan fingerprint density at radius 3 is 2.93 bits per heavy atom. The molecule has 2 N–H and O–H groups in total. The maximum absolute atomic E-state index is 5.69. The van der Waals surface area contributed by atoms with Gasteiger partial charge in [-0.2, -0.15) is 0 Å². The molecule has 15 heavy (non-hydrogen) atoms. The van der Waals surface area contributed by atoms with Crippen LogP contribution in [-0.2, 0) is 13.0 Å². The van der Waals surface area contributed by atoms with E-state index in [1.165, 1.54) is 0 Å². The van der Waals surface area contributed by atoms with E-state index in [0.717, 1.165) is 23.3 Å². The van der Waals surface area contributed by atoms with E-state index in [4.69, 9.17) is 5.73 Å². The van der Waals surface area contributed by atoms with Crippen molar-refractivity contribution in [2.24, 2.45) is 11.7 Å². The van der Waals surface area contributed by atoms with Crippen molar-refractivity contribution in [1.29, 1.82) is 0 Å². The highest BCUT2D eigenvalue weighted by atomic mass is 15.0. The Morgan fingerprint density at radius 2 is 2.27 bits per heavy atom. The van der Waals surface area contributed by atoms with Crippen molar-refractivity contribution in [2.45, 2.75) is 26.8 Å². The zero-order valence-electron chi connectivity index (χ0n) is 9.27. The molecule has 0 bridgehead atoms. The zero-order valence-corrected chi connectivity index (χ0v) is 9.27. The molecule has 0 aliphatic heterocycles. The van der Waals surface area contributed by atoms with Crippen LogP contribution in [0.4, 0.5) is 0 Å². The third-order valence-electron chi connectivity index (χ3n) is 2.55. The van der Waals surface area contributed by atoms with Crippen LogP contribution in [0, 0.1) is 5.92 Å². The monoisotopic (exact) mass is 203 g/mol. The highest BCUT2D eigenvalue weighted by Crippen LogP contribution is 2.14. The van der Waals surface area contributed by atoms with Crippen LogP contribution in [0.2, 0.25) is 0 Å². The van der Waals surface area contributed by atoms with Crippen LogP contribution in [-0.4, -0.2) is 9.38 Å². The highest BCUT2D eigenvalue weighted by molar-refractivity contribution is 5.54. The summed E-state index contributed by atoms with van der Waals surface area (Å²) in [5.41, 5.74) is 7.97. The van der Waals surface area contributed by atoms with Crippen molar-refractivity contribution in [1.82, 2.24) is 9.38 Å². The third-order valence-corrected chi connectivity index (χ3v) is 2.55. The van der Waals surface area contributed by atoms with Crippen LogP contribution in [0.3, 0.4) is 0 Å². The standard InChI is InChI=1S/C12H17N3/c1-9(2)6-12-14-8-11-10(7-13)4-3-5-15(11)12/h3-5,8-9H,6-7,13H2,1-2H3. The van der Waals surface area contributed by atoms with Crippen LogP contribution in [0.5, 0.6) is 0 Å². The average Bonchev–Trinajstić information content (AvgIpc) is 2.61. The quantitative estimate of drug-likeness (QED) is 0.829. The summed E-state index contributed by atoms with van der Waals surface area (Å²) in [7, 11) is 0. The average molecular weight is 203 g/mol. The molecule has 0 saturated heterocycles. The number of rotatable bonds is 3. The Bertz CT molecular complexity index is 457. The largest absolute Gasteiger partial charge is 0.326 e. The van der Waals surface area contributed by atoms with Crippen LogP contribution in [0.1, 0.15) is 25.2 Å². The Balaban J connectivity index is 2.51. The molecule has 2 aromatic heterocycles. The number of hydrogen-bond acceptors (Lipinski definition) is 2. The van der Waals surface area contributed by atoms with Crippen LogP contribution < -0.4 is 5.73 Å². The molecule has 2 rings (SSSR count). The molecule has 2 aromatic rings. The molecular formula is C12H17N3. The lowest BCUT2D eigenvalue weighted by Gasteiger charge is -2.05.